The normalized spacial score (nSPS) is 51.9. The molecular formula is C76H128N2O61. The highest BCUT2D eigenvalue weighted by atomic mass is 16.8. The van der Waals surface area contributed by atoms with E-state index in [9.17, 15) is 193 Å². The maximum Gasteiger partial charge on any atom is 0.217 e. The Labute approximate surface area is 784 Å². The van der Waals surface area contributed by atoms with Crippen LogP contribution in [0.2, 0.25) is 0 Å². The van der Waals surface area contributed by atoms with E-state index >= 15 is 0 Å². The van der Waals surface area contributed by atoms with E-state index in [1.54, 1.807) is 0 Å². The second-order valence-electron chi connectivity index (χ2n) is 35.2. The number of aliphatic hydroxyl groups is 36. The van der Waals surface area contributed by atoms with E-state index in [0.717, 1.165) is 13.8 Å². The number of nitrogens with one attached hydrogen (secondary N) is 2. The lowest BCUT2D eigenvalue weighted by Crippen LogP contribution is -2.70. The minimum atomic E-state index is -2.71. The molecule has 12 fully saturated rings. The van der Waals surface area contributed by atoms with E-state index in [1.807, 2.05) is 0 Å². The van der Waals surface area contributed by atoms with Gasteiger partial charge in [-0.3, -0.25) is 9.59 Å². The van der Waals surface area contributed by atoms with E-state index in [4.69, 9.17) is 109 Å². The van der Waals surface area contributed by atoms with E-state index < -0.39 is 459 Å². The summed E-state index contributed by atoms with van der Waals surface area (Å²) in [6.07, 6.45) is -129. The van der Waals surface area contributed by atoms with Crippen molar-refractivity contribution in [3.05, 3.63) is 0 Å². The Morgan fingerprint density at radius 1 is 0.187 bits per heavy atom. The molecule has 0 bridgehead atoms. The second-order valence-corrected chi connectivity index (χ2v) is 35.2. The Hall–Kier alpha value is -3.42. The number of hydrogen-bond donors (Lipinski definition) is 38. The van der Waals surface area contributed by atoms with E-state index in [0.29, 0.717) is 0 Å². The van der Waals surface area contributed by atoms with Crippen molar-refractivity contribution in [2.45, 2.75) is 382 Å². The van der Waals surface area contributed by atoms with Gasteiger partial charge in [-0.15, -0.1) is 0 Å². The third-order valence-electron chi connectivity index (χ3n) is 25.9. The van der Waals surface area contributed by atoms with Gasteiger partial charge in [0.15, 0.2) is 75.5 Å². The van der Waals surface area contributed by atoms with E-state index in [1.165, 1.54) is 0 Å². The zero-order valence-corrected chi connectivity index (χ0v) is 73.4. The first-order valence-electron chi connectivity index (χ1n) is 44.2. The molecule has 12 aliphatic heterocycles. The molecule has 60 atom stereocenters. The van der Waals surface area contributed by atoms with Gasteiger partial charge in [0.2, 0.25) is 11.8 Å². The Morgan fingerprint density at radius 2 is 0.396 bits per heavy atom. The average molecular weight is 2050 g/mol. The summed E-state index contributed by atoms with van der Waals surface area (Å²) in [4.78, 5) is 25.4. The number of hydrogen-bond acceptors (Lipinski definition) is 61. The van der Waals surface area contributed by atoms with Crippen molar-refractivity contribution in [1.29, 1.82) is 0 Å². The molecule has 0 aliphatic carbocycles. The molecule has 12 heterocycles. The van der Waals surface area contributed by atoms with Gasteiger partial charge in [-0.05, 0) is 0 Å². The number of aliphatic hydroxyl groups excluding tert-OH is 36. The first kappa shape index (κ1) is 114. The van der Waals surface area contributed by atoms with E-state index in [-0.39, 0.29) is 0 Å². The van der Waals surface area contributed by atoms with Crippen molar-refractivity contribution >= 4 is 11.8 Å². The lowest BCUT2D eigenvalue weighted by molar-refractivity contribution is -0.408. The summed E-state index contributed by atoms with van der Waals surface area (Å²) in [5, 5.41) is 407. The van der Waals surface area contributed by atoms with E-state index in [2.05, 4.69) is 10.6 Å². The molecule has 2 amide bonds. The Bertz CT molecular complexity index is 3730. The average Bonchev–Trinajstić information content (AvgIpc) is 0.750. The maximum absolute atomic E-state index is 13.2. The quantitative estimate of drug-likeness (QED) is 0.0277. The fourth-order valence-corrected chi connectivity index (χ4v) is 17.8. The molecule has 0 unspecified atom stereocenters. The van der Waals surface area contributed by atoms with Gasteiger partial charge >= 0.3 is 0 Å². The van der Waals surface area contributed by atoms with Crippen molar-refractivity contribution < 1.29 is 302 Å². The van der Waals surface area contributed by atoms with Crippen LogP contribution in [0.15, 0.2) is 0 Å². The molecule has 12 saturated heterocycles. The van der Waals surface area contributed by atoms with Gasteiger partial charge in [0, 0.05) is 13.8 Å². The number of rotatable bonds is 36. The predicted molar refractivity (Wildman–Crippen MR) is 418 cm³/mol. The molecule has 0 aromatic rings. The van der Waals surface area contributed by atoms with Gasteiger partial charge in [-0.25, -0.2) is 0 Å². The molecule has 12 rings (SSSR count). The molecular weight excluding hydrogens is 1920 g/mol. The first-order chi connectivity index (χ1) is 65.8. The van der Waals surface area contributed by atoms with Gasteiger partial charge in [0.25, 0.3) is 0 Å². The van der Waals surface area contributed by atoms with Crippen LogP contribution in [-0.4, -0.2) is 643 Å². The van der Waals surface area contributed by atoms with Gasteiger partial charge in [0.05, 0.1) is 79.3 Å². The molecule has 63 heteroatoms. The first-order valence-corrected chi connectivity index (χ1v) is 44.2. The molecule has 0 aromatic heterocycles. The van der Waals surface area contributed by atoms with Crippen molar-refractivity contribution in [2.24, 2.45) is 0 Å². The van der Waals surface area contributed by atoms with Gasteiger partial charge in [-0.2, -0.15) is 0 Å². The highest BCUT2D eigenvalue weighted by Gasteiger charge is 2.63. The minimum Gasteiger partial charge on any atom is -0.394 e. The summed E-state index contributed by atoms with van der Waals surface area (Å²) >= 11 is 0. The molecule has 38 N–H and O–H groups in total. The standard InChI is InChI=1S/C76H128N2O61/c1-15(88)77-29-41(100)57(24(10-86)120-65(29)116)132-66-30(78-16(2)89)42(101)58(25(11-87)128-66)133-72-56(115)60(135-75-64(49(108)37(96)22(8-84)126-75)139-76-63(48(107)36(95)23(9-85)127-76)138-71-54(113)46(105)34(93)20(6-82)124-71)40(99)28(130-72)13-117-67-55(114)59(134-68-51(110)43(102)31(90)17(3-79)121-68)39(98)27(129-67)14-119-74-62(137-70-53(112)45(104)33(92)19(5-81)123-70)50(109)38(97)26(131-74)12-118-73-61(47(106)35(94)21(7-83)125-73)136-69-52(111)44(103)32(91)18(4-80)122-69/h17-76,79-87,90-116H,3-14H2,1-2H3,(H,77,88)(H,78,89)/t17-,18-,19-,20-,21-,22-,23-,24-,25-,26-,27-,28-,29-,30-,31-,32-,33-,34-,35-,36-,37-,38-,39-,40-,41-,42-,43+,44+,45+,46+,47+,48+,49+,50+,51+,52+,53+,54+,55+,56+,57-,58-,59+,60+,61+,62+,63+,64+,65-,66+,67+,68-,69-,70-,71-,72+,73+,74+,75-,76-/m1/s1. The monoisotopic (exact) mass is 2040 g/mol. The van der Waals surface area contributed by atoms with Crippen molar-refractivity contribution in [3.63, 3.8) is 0 Å². The Balaban J connectivity index is 0.887. The van der Waals surface area contributed by atoms with Crippen LogP contribution < -0.4 is 10.6 Å². The summed E-state index contributed by atoms with van der Waals surface area (Å²) in [6, 6.07) is -3.74. The smallest absolute Gasteiger partial charge is 0.217 e. The SMILES string of the molecule is CC(=O)N[C@@H]1[C@@H](O)[C@H](O[C@@H]2O[C@H](CO)[C@@H](O[C@@H]3O[C@H](CO[C@H]4O[C@H](CO[C@H]5O[C@H](CO[C@H]6O[C@H](CO)[C@@H](O)[C@H](O)[C@@H]6O[C@H]6O[C@H](CO)[C@@H](O)[C@H](O)[C@@H]6O)[C@@H](O)[C@H](O)[C@@H]5O[C@H]5O[C@H](CO)[C@@H](O)[C@H](O)[C@@H]5O)[C@@H](O)[C@H](O[C@H]5O[C@H](CO)[C@@H](O)[C@H](O)[C@@H]5O)[C@@H]4O)[C@@H](O)[C@H](O[C@H]4O[C@H](CO)[C@@H](O)[C@H](O)[C@@H]4O[C@H]4O[C@H](CO)[C@@H](O)[C@H](O)[C@@H]4O[C@H]4O[C@H](CO)[C@@H](O)[C@H](O)[C@@H]4O)[C@@H]3O)[C@H](O)[C@H]2NC(C)=O)[C@@H](CO)O[C@H]1O. The van der Waals surface area contributed by atoms with Gasteiger partial charge in [0.1, 0.15) is 293 Å². The number of ether oxygens (including phenoxy) is 23. The molecule has 63 nitrogen and oxygen atoms in total. The number of carbonyl (C=O) groups excluding carboxylic acids is 2. The Morgan fingerprint density at radius 3 is 0.741 bits per heavy atom. The van der Waals surface area contributed by atoms with Crippen molar-refractivity contribution in [1.82, 2.24) is 10.6 Å². The number of amides is 2. The van der Waals surface area contributed by atoms with Crippen LogP contribution in [0.25, 0.3) is 0 Å². The van der Waals surface area contributed by atoms with Crippen LogP contribution in [0.3, 0.4) is 0 Å². The molecule has 12 aliphatic rings. The lowest BCUT2D eigenvalue weighted by atomic mass is 9.94. The lowest BCUT2D eigenvalue weighted by Gasteiger charge is -2.51. The third kappa shape index (κ3) is 24.7. The van der Waals surface area contributed by atoms with Crippen molar-refractivity contribution in [2.75, 3.05) is 79.3 Å². The summed E-state index contributed by atoms with van der Waals surface area (Å²) in [5.41, 5.74) is 0. The molecule has 0 saturated carbocycles. The predicted octanol–water partition coefficient (Wildman–Crippen LogP) is -26.9. The van der Waals surface area contributed by atoms with Crippen LogP contribution in [0.4, 0.5) is 0 Å². The van der Waals surface area contributed by atoms with Gasteiger partial charge in [-0.1, -0.05) is 0 Å². The fourth-order valence-electron chi connectivity index (χ4n) is 17.8. The highest BCUT2D eigenvalue weighted by molar-refractivity contribution is 5.73. The maximum atomic E-state index is 13.2. The van der Waals surface area contributed by atoms with Crippen LogP contribution in [-0.2, 0) is 119 Å². The summed E-state index contributed by atoms with van der Waals surface area (Å²) in [5.74, 6) is -1.84. The summed E-state index contributed by atoms with van der Waals surface area (Å²) < 4.78 is 135. The summed E-state index contributed by atoms with van der Waals surface area (Å²) in [7, 11) is 0. The number of carbonyl (C=O) groups is 2. The zero-order valence-electron chi connectivity index (χ0n) is 73.4. The van der Waals surface area contributed by atoms with Crippen LogP contribution in [0.5, 0.6) is 0 Å². The van der Waals surface area contributed by atoms with Crippen molar-refractivity contribution in [3.8, 4) is 0 Å². The Kier molecular flexibility index (Phi) is 41.0. The van der Waals surface area contributed by atoms with Gasteiger partial charge < -0.3 is 303 Å². The topological polar surface area (TPSA) is 999 Å². The summed E-state index contributed by atoms with van der Waals surface area (Å²) in [6.45, 7) is -12.2. The molecule has 808 valence electrons. The highest BCUT2D eigenvalue weighted by Crippen LogP contribution is 2.42. The fraction of sp³-hybridized carbons (Fsp3) is 0.974. The van der Waals surface area contributed by atoms with Crippen LogP contribution in [0, 0.1) is 0 Å². The molecule has 0 radical (unpaired) electrons. The van der Waals surface area contributed by atoms with Crippen LogP contribution >= 0.6 is 0 Å². The van der Waals surface area contributed by atoms with Crippen LogP contribution in [0.1, 0.15) is 13.8 Å². The molecule has 0 aromatic carbocycles. The second kappa shape index (κ2) is 49.8. The largest absolute Gasteiger partial charge is 0.394 e. The molecule has 139 heavy (non-hydrogen) atoms. The minimum absolute atomic E-state index is 0.833. The third-order valence-corrected chi connectivity index (χ3v) is 25.9. The zero-order chi connectivity index (χ0) is 102. The molecule has 0 spiro atoms.